The van der Waals surface area contributed by atoms with Crippen LogP contribution in [0.2, 0.25) is 0 Å². The van der Waals surface area contributed by atoms with E-state index in [-0.39, 0.29) is 12.0 Å². The number of rotatable bonds is 5. The highest BCUT2D eigenvalue weighted by Crippen LogP contribution is 2.29. The summed E-state index contributed by atoms with van der Waals surface area (Å²) < 4.78 is 42.7. The van der Waals surface area contributed by atoms with Crippen LogP contribution >= 0.6 is 0 Å². The van der Waals surface area contributed by atoms with E-state index in [0.29, 0.717) is 5.69 Å². The highest BCUT2D eigenvalue weighted by atomic mass is 19.4. The van der Waals surface area contributed by atoms with Gasteiger partial charge < -0.3 is 10.1 Å². The predicted molar refractivity (Wildman–Crippen MR) is 85.9 cm³/mol. The number of hydrogen-bond donors (Lipinski definition) is 1. The van der Waals surface area contributed by atoms with Crippen LogP contribution in [-0.2, 0) is 26.9 Å². The fourth-order valence-electron chi connectivity index (χ4n) is 2.14. The summed E-state index contributed by atoms with van der Waals surface area (Å²) in [5.41, 5.74) is 0.854. The Hall–Kier alpha value is -2.83. The molecule has 0 fully saturated rings. The summed E-state index contributed by atoms with van der Waals surface area (Å²) in [6.07, 6.45) is -4.82. The molecule has 0 aliphatic rings. The molecule has 4 nitrogen and oxygen atoms in total. The fraction of sp³-hybridized carbons (Fsp3) is 0.222. The lowest BCUT2D eigenvalue weighted by molar-refractivity contribution is -0.146. The molecule has 0 atom stereocenters. The molecule has 0 aliphatic carbocycles. The van der Waals surface area contributed by atoms with E-state index in [1.165, 1.54) is 12.1 Å². The standard InChI is InChI=1S/C18H16F3NO3/c1-12-4-2-7-15(8-12)22-16(23)11-25-17(24)10-13-5-3-6-14(9-13)18(19,20)21/h2-9H,10-11H2,1H3,(H,22,23). The quantitative estimate of drug-likeness (QED) is 0.835. The van der Waals surface area contributed by atoms with Gasteiger partial charge in [-0.1, -0.05) is 30.3 Å². The first kappa shape index (κ1) is 18.5. The number of aryl methyl sites for hydroxylation is 1. The highest BCUT2D eigenvalue weighted by Gasteiger charge is 2.30. The second-order valence-corrected chi connectivity index (χ2v) is 5.45. The molecule has 0 bridgehead atoms. The Balaban J connectivity index is 1.85. The molecule has 2 aromatic rings. The number of esters is 1. The number of anilines is 1. The molecular formula is C18H16F3NO3. The number of hydrogen-bond acceptors (Lipinski definition) is 3. The number of carbonyl (C=O) groups is 2. The van der Waals surface area contributed by atoms with E-state index < -0.39 is 30.2 Å². The maximum absolute atomic E-state index is 12.6. The van der Waals surface area contributed by atoms with E-state index in [1.54, 1.807) is 18.2 Å². The molecule has 0 saturated heterocycles. The first-order valence-corrected chi connectivity index (χ1v) is 7.42. The SMILES string of the molecule is Cc1cccc(NC(=O)COC(=O)Cc2cccc(C(F)(F)F)c2)c1. The molecule has 0 saturated carbocycles. The van der Waals surface area contributed by atoms with Gasteiger partial charge in [-0.15, -0.1) is 0 Å². The Morgan fingerprint density at radius 2 is 1.80 bits per heavy atom. The van der Waals surface area contributed by atoms with Crippen molar-refractivity contribution in [1.29, 1.82) is 0 Å². The van der Waals surface area contributed by atoms with Crippen molar-refractivity contribution in [3.63, 3.8) is 0 Å². The van der Waals surface area contributed by atoms with Gasteiger partial charge in [-0.2, -0.15) is 13.2 Å². The maximum atomic E-state index is 12.6. The van der Waals surface area contributed by atoms with E-state index in [9.17, 15) is 22.8 Å². The summed E-state index contributed by atoms with van der Waals surface area (Å²) in [6.45, 7) is 1.36. The van der Waals surface area contributed by atoms with Crippen LogP contribution in [0.1, 0.15) is 16.7 Å². The molecule has 2 aromatic carbocycles. The van der Waals surface area contributed by atoms with E-state index in [1.807, 2.05) is 13.0 Å². The van der Waals surface area contributed by atoms with Crippen LogP contribution in [0.25, 0.3) is 0 Å². The van der Waals surface area contributed by atoms with Crippen molar-refractivity contribution < 1.29 is 27.5 Å². The van der Waals surface area contributed by atoms with E-state index in [4.69, 9.17) is 4.74 Å². The van der Waals surface area contributed by atoms with Crippen LogP contribution in [-0.4, -0.2) is 18.5 Å². The first-order valence-electron chi connectivity index (χ1n) is 7.42. The second kappa shape index (κ2) is 7.83. The lowest BCUT2D eigenvalue weighted by Gasteiger charge is -2.09. The van der Waals surface area contributed by atoms with Gasteiger partial charge in [0.25, 0.3) is 5.91 Å². The smallest absolute Gasteiger partial charge is 0.416 e. The van der Waals surface area contributed by atoms with Crippen molar-refractivity contribution in [3.8, 4) is 0 Å². The zero-order valence-corrected chi connectivity index (χ0v) is 13.4. The summed E-state index contributed by atoms with van der Waals surface area (Å²) in [6, 6.07) is 11.5. The van der Waals surface area contributed by atoms with Crippen molar-refractivity contribution in [2.24, 2.45) is 0 Å². The number of benzene rings is 2. The van der Waals surface area contributed by atoms with Gasteiger partial charge in [-0.05, 0) is 36.2 Å². The molecule has 2 rings (SSSR count). The van der Waals surface area contributed by atoms with Crippen LogP contribution in [0.3, 0.4) is 0 Å². The highest BCUT2D eigenvalue weighted by molar-refractivity contribution is 5.92. The molecular weight excluding hydrogens is 335 g/mol. The average molecular weight is 351 g/mol. The number of nitrogens with one attached hydrogen (secondary N) is 1. The molecule has 0 radical (unpaired) electrons. The largest absolute Gasteiger partial charge is 0.455 e. The van der Waals surface area contributed by atoms with Gasteiger partial charge in [0.2, 0.25) is 0 Å². The van der Waals surface area contributed by atoms with E-state index in [2.05, 4.69) is 5.32 Å². The van der Waals surface area contributed by atoms with E-state index in [0.717, 1.165) is 17.7 Å². The van der Waals surface area contributed by atoms with Gasteiger partial charge in [-0.3, -0.25) is 9.59 Å². The third kappa shape index (κ3) is 5.95. The van der Waals surface area contributed by atoms with Crippen molar-refractivity contribution >= 4 is 17.6 Å². The Morgan fingerprint density at radius 1 is 1.08 bits per heavy atom. The molecule has 0 unspecified atom stereocenters. The van der Waals surface area contributed by atoms with E-state index >= 15 is 0 Å². The van der Waals surface area contributed by atoms with Gasteiger partial charge >= 0.3 is 12.1 Å². The molecule has 25 heavy (non-hydrogen) atoms. The van der Waals surface area contributed by atoms with Crippen LogP contribution in [0.4, 0.5) is 18.9 Å². The van der Waals surface area contributed by atoms with Crippen molar-refractivity contribution in [1.82, 2.24) is 0 Å². The van der Waals surface area contributed by atoms with Gasteiger partial charge in [0.05, 0.1) is 12.0 Å². The summed E-state index contributed by atoms with van der Waals surface area (Å²) in [7, 11) is 0. The lowest BCUT2D eigenvalue weighted by Crippen LogP contribution is -2.21. The Labute approximate surface area is 142 Å². The van der Waals surface area contributed by atoms with Crippen LogP contribution in [0.15, 0.2) is 48.5 Å². The van der Waals surface area contributed by atoms with Crippen LogP contribution < -0.4 is 5.32 Å². The molecule has 0 spiro atoms. The monoisotopic (exact) mass is 351 g/mol. The molecule has 7 heteroatoms. The Kier molecular flexibility index (Phi) is 5.80. The van der Waals surface area contributed by atoms with Gasteiger partial charge in [0, 0.05) is 5.69 Å². The predicted octanol–water partition coefficient (Wildman–Crippen LogP) is 3.74. The van der Waals surface area contributed by atoms with Crippen molar-refractivity contribution in [2.75, 3.05) is 11.9 Å². The fourth-order valence-corrected chi connectivity index (χ4v) is 2.14. The summed E-state index contributed by atoms with van der Waals surface area (Å²) in [5, 5.41) is 2.57. The maximum Gasteiger partial charge on any atom is 0.416 e. The summed E-state index contributed by atoms with van der Waals surface area (Å²) >= 11 is 0. The second-order valence-electron chi connectivity index (χ2n) is 5.45. The Bertz CT molecular complexity index is 772. The normalized spacial score (nSPS) is 11.0. The number of alkyl halides is 3. The number of ether oxygens (including phenoxy) is 1. The number of amides is 1. The molecule has 1 N–H and O–H groups in total. The van der Waals surface area contributed by atoms with Gasteiger partial charge in [0.1, 0.15) is 0 Å². The van der Waals surface area contributed by atoms with Crippen LogP contribution in [0, 0.1) is 6.92 Å². The zero-order valence-electron chi connectivity index (χ0n) is 13.4. The zero-order chi connectivity index (χ0) is 18.4. The topological polar surface area (TPSA) is 55.4 Å². The van der Waals surface area contributed by atoms with Gasteiger partial charge in [0.15, 0.2) is 6.61 Å². The molecule has 132 valence electrons. The summed E-state index contributed by atoms with van der Waals surface area (Å²) in [5.74, 6) is -1.30. The summed E-state index contributed by atoms with van der Waals surface area (Å²) in [4.78, 5) is 23.4. The van der Waals surface area contributed by atoms with Crippen molar-refractivity contribution in [2.45, 2.75) is 19.5 Å². The third-order valence-electron chi connectivity index (χ3n) is 3.27. The molecule has 0 aromatic heterocycles. The number of halogens is 3. The van der Waals surface area contributed by atoms with Crippen molar-refractivity contribution in [3.05, 3.63) is 65.2 Å². The molecule has 0 aliphatic heterocycles. The molecule has 0 heterocycles. The number of carbonyl (C=O) groups excluding carboxylic acids is 2. The Morgan fingerprint density at radius 3 is 2.48 bits per heavy atom. The van der Waals surface area contributed by atoms with Crippen LogP contribution in [0.5, 0.6) is 0 Å². The molecule has 1 amide bonds. The average Bonchev–Trinajstić information content (AvgIpc) is 2.52. The minimum atomic E-state index is -4.48. The lowest BCUT2D eigenvalue weighted by atomic mass is 10.1. The first-order chi connectivity index (χ1) is 11.7. The van der Waals surface area contributed by atoms with Gasteiger partial charge in [-0.25, -0.2) is 0 Å². The minimum Gasteiger partial charge on any atom is -0.455 e. The minimum absolute atomic E-state index is 0.166. The third-order valence-corrected chi connectivity index (χ3v) is 3.27.